The zero-order chi connectivity index (χ0) is 15.0. The van der Waals surface area contributed by atoms with Crippen molar-refractivity contribution in [3.8, 4) is 0 Å². The van der Waals surface area contributed by atoms with Gasteiger partial charge in [-0.2, -0.15) is 4.98 Å². The molecule has 0 aliphatic heterocycles. The molecule has 0 radical (unpaired) electrons. The summed E-state index contributed by atoms with van der Waals surface area (Å²) in [7, 11) is 0. The van der Waals surface area contributed by atoms with E-state index in [0.717, 1.165) is 22.4 Å². The molecule has 0 saturated heterocycles. The summed E-state index contributed by atoms with van der Waals surface area (Å²) in [5.74, 6) is 0.655. The Kier molecular flexibility index (Phi) is 3.83. The van der Waals surface area contributed by atoms with Gasteiger partial charge in [-0.3, -0.25) is 0 Å². The standard InChI is InChI=1S/C16H16ClN3S/c1-4-20(12-8-6-5-7-9-12)16-18-14(17)13-10(2)11(3)21-15(13)19-16/h5-9H,4H2,1-3H3. The molecule has 3 aromatic rings. The van der Waals surface area contributed by atoms with Gasteiger partial charge >= 0.3 is 0 Å². The van der Waals surface area contributed by atoms with Crippen molar-refractivity contribution in [1.82, 2.24) is 9.97 Å². The third kappa shape index (κ3) is 2.49. The molecule has 0 fully saturated rings. The number of aryl methyl sites for hydroxylation is 2. The maximum atomic E-state index is 6.40. The average Bonchev–Trinajstić information content (AvgIpc) is 2.76. The highest BCUT2D eigenvalue weighted by atomic mass is 35.5. The molecular weight excluding hydrogens is 302 g/mol. The molecule has 0 saturated carbocycles. The molecule has 2 aromatic heterocycles. The summed E-state index contributed by atoms with van der Waals surface area (Å²) in [6, 6.07) is 10.1. The summed E-state index contributed by atoms with van der Waals surface area (Å²) in [6.07, 6.45) is 0. The summed E-state index contributed by atoms with van der Waals surface area (Å²) in [5.41, 5.74) is 2.25. The third-order valence-corrected chi connectivity index (χ3v) is 4.97. The number of anilines is 2. The smallest absolute Gasteiger partial charge is 0.232 e. The SMILES string of the molecule is CCN(c1ccccc1)c1nc(Cl)c2c(C)c(C)sc2n1. The van der Waals surface area contributed by atoms with E-state index in [2.05, 4.69) is 42.8 Å². The first kappa shape index (κ1) is 14.3. The zero-order valence-corrected chi connectivity index (χ0v) is 13.8. The lowest BCUT2D eigenvalue weighted by atomic mass is 10.2. The van der Waals surface area contributed by atoms with Gasteiger partial charge in [-0.1, -0.05) is 29.8 Å². The summed E-state index contributed by atoms with van der Waals surface area (Å²) in [6.45, 7) is 7.03. The molecule has 0 atom stereocenters. The van der Waals surface area contributed by atoms with Gasteiger partial charge in [-0.25, -0.2) is 4.98 Å². The van der Waals surface area contributed by atoms with Crippen molar-refractivity contribution in [2.75, 3.05) is 11.4 Å². The molecule has 0 N–H and O–H groups in total. The van der Waals surface area contributed by atoms with Crippen LogP contribution in [0.15, 0.2) is 30.3 Å². The fourth-order valence-corrected chi connectivity index (χ4v) is 3.75. The van der Waals surface area contributed by atoms with Gasteiger partial charge in [0.15, 0.2) is 0 Å². The number of nitrogens with zero attached hydrogens (tertiary/aromatic N) is 3. The molecule has 0 amide bonds. The van der Waals surface area contributed by atoms with E-state index in [0.29, 0.717) is 11.1 Å². The Morgan fingerprint density at radius 3 is 2.52 bits per heavy atom. The van der Waals surface area contributed by atoms with E-state index in [9.17, 15) is 0 Å². The Morgan fingerprint density at radius 2 is 1.86 bits per heavy atom. The first-order chi connectivity index (χ1) is 10.1. The van der Waals surface area contributed by atoms with Gasteiger partial charge in [-0.15, -0.1) is 11.3 Å². The van der Waals surface area contributed by atoms with E-state index in [4.69, 9.17) is 16.6 Å². The molecule has 0 aliphatic rings. The molecule has 21 heavy (non-hydrogen) atoms. The van der Waals surface area contributed by atoms with Gasteiger partial charge < -0.3 is 4.90 Å². The number of rotatable bonds is 3. The molecule has 0 bridgehead atoms. The van der Waals surface area contributed by atoms with E-state index < -0.39 is 0 Å². The molecule has 0 spiro atoms. The lowest BCUT2D eigenvalue weighted by molar-refractivity contribution is 0.959. The Hall–Kier alpha value is -1.65. The first-order valence-electron chi connectivity index (χ1n) is 6.87. The van der Waals surface area contributed by atoms with Gasteiger partial charge in [0, 0.05) is 17.1 Å². The highest BCUT2D eigenvalue weighted by molar-refractivity contribution is 7.18. The van der Waals surface area contributed by atoms with Crippen molar-refractivity contribution in [2.45, 2.75) is 20.8 Å². The number of benzene rings is 1. The van der Waals surface area contributed by atoms with Crippen molar-refractivity contribution in [3.05, 3.63) is 45.9 Å². The van der Waals surface area contributed by atoms with Crippen molar-refractivity contribution < 1.29 is 0 Å². The van der Waals surface area contributed by atoms with Crippen LogP contribution in [0, 0.1) is 13.8 Å². The molecule has 3 nitrogen and oxygen atoms in total. The molecule has 1 aromatic carbocycles. The minimum atomic E-state index is 0.534. The summed E-state index contributed by atoms with van der Waals surface area (Å²) < 4.78 is 0. The number of fused-ring (bicyclic) bond motifs is 1. The van der Waals surface area contributed by atoms with E-state index in [1.165, 1.54) is 10.4 Å². The number of thiophene rings is 1. The highest BCUT2D eigenvalue weighted by Crippen LogP contribution is 2.35. The van der Waals surface area contributed by atoms with Crippen LogP contribution in [0.5, 0.6) is 0 Å². The van der Waals surface area contributed by atoms with Gasteiger partial charge in [0.1, 0.15) is 9.98 Å². The van der Waals surface area contributed by atoms with Crippen molar-refractivity contribution >= 4 is 44.8 Å². The number of halogens is 1. The number of hydrogen-bond donors (Lipinski definition) is 0. The normalized spacial score (nSPS) is 11.0. The zero-order valence-electron chi connectivity index (χ0n) is 12.2. The molecule has 108 valence electrons. The second-order valence-electron chi connectivity index (χ2n) is 4.86. The third-order valence-electron chi connectivity index (χ3n) is 3.60. The fourth-order valence-electron chi connectivity index (χ4n) is 2.36. The maximum Gasteiger partial charge on any atom is 0.232 e. The molecule has 0 aliphatic carbocycles. The Bertz CT molecular complexity index is 783. The minimum Gasteiger partial charge on any atom is -0.311 e. The molecule has 5 heteroatoms. The topological polar surface area (TPSA) is 29.0 Å². The molecule has 0 unspecified atom stereocenters. The monoisotopic (exact) mass is 317 g/mol. The van der Waals surface area contributed by atoms with Crippen LogP contribution in [0.1, 0.15) is 17.4 Å². The van der Waals surface area contributed by atoms with Crippen LogP contribution >= 0.6 is 22.9 Å². The van der Waals surface area contributed by atoms with Crippen LogP contribution in [-0.4, -0.2) is 16.5 Å². The van der Waals surface area contributed by atoms with Crippen LogP contribution in [0.4, 0.5) is 11.6 Å². The largest absolute Gasteiger partial charge is 0.311 e. The fraction of sp³-hybridized carbons (Fsp3) is 0.250. The molecule has 3 rings (SSSR count). The lowest BCUT2D eigenvalue weighted by Crippen LogP contribution is -2.18. The van der Waals surface area contributed by atoms with Crippen LogP contribution in [0.2, 0.25) is 5.15 Å². The van der Waals surface area contributed by atoms with Crippen LogP contribution in [0.25, 0.3) is 10.2 Å². The van der Waals surface area contributed by atoms with Crippen LogP contribution in [-0.2, 0) is 0 Å². The van der Waals surface area contributed by atoms with Crippen molar-refractivity contribution in [1.29, 1.82) is 0 Å². The van der Waals surface area contributed by atoms with E-state index in [1.807, 2.05) is 18.2 Å². The maximum absolute atomic E-state index is 6.40. The predicted molar refractivity (Wildman–Crippen MR) is 91.0 cm³/mol. The van der Waals surface area contributed by atoms with Gasteiger partial charge in [-0.05, 0) is 38.5 Å². The van der Waals surface area contributed by atoms with Crippen molar-refractivity contribution in [3.63, 3.8) is 0 Å². The van der Waals surface area contributed by atoms with E-state index in [1.54, 1.807) is 11.3 Å². The Labute approximate surface area is 133 Å². The van der Waals surface area contributed by atoms with Gasteiger partial charge in [0.2, 0.25) is 5.95 Å². The van der Waals surface area contributed by atoms with Crippen LogP contribution in [0.3, 0.4) is 0 Å². The Balaban J connectivity index is 2.16. The van der Waals surface area contributed by atoms with Gasteiger partial charge in [0.25, 0.3) is 0 Å². The number of hydrogen-bond acceptors (Lipinski definition) is 4. The first-order valence-corrected chi connectivity index (χ1v) is 8.07. The molecular formula is C16H16ClN3S. The average molecular weight is 318 g/mol. The van der Waals surface area contributed by atoms with E-state index >= 15 is 0 Å². The lowest BCUT2D eigenvalue weighted by Gasteiger charge is -2.21. The summed E-state index contributed by atoms with van der Waals surface area (Å²) in [5, 5.41) is 1.51. The number of para-hydroxylation sites is 1. The number of aromatic nitrogens is 2. The molecule has 2 heterocycles. The summed E-state index contributed by atoms with van der Waals surface area (Å²) in [4.78, 5) is 13.5. The second kappa shape index (κ2) is 5.62. The quantitative estimate of drug-likeness (QED) is 0.628. The van der Waals surface area contributed by atoms with Crippen LogP contribution < -0.4 is 4.90 Å². The Morgan fingerprint density at radius 1 is 1.14 bits per heavy atom. The second-order valence-corrected chi connectivity index (χ2v) is 6.42. The van der Waals surface area contributed by atoms with Gasteiger partial charge in [0.05, 0.1) is 5.39 Å². The van der Waals surface area contributed by atoms with E-state index in [-0.39, 0.29) is 0 Å². The summed E-state index contributed by atoms with van der Waals surface area (Å²) >= 11 is 8.07. The highest BCUT2D eigenvalue weighted by Gasteiger charge is 2.17. The van der Waals surface area contributed by atoms with Crippen molar-refractivity contribution in [2.24, 2.45) is 0 Å². The minimum absolute atomic E-state index is 0.534. The predicted octanol–water partition coefficient (Wildman–Crippen LogP) is 5.12.